The first-order chi connectivity index (χ1) is 14.3. The average molecular weight is 446 g/mol. The summed E-state index contributed by atoms with van der Waals surface area (Å²) in [5, 5.41) is 6.88. The minimum Gasteiger partial charge on any atom is -0.497 e. The molecule has 2 atom stereocenters. The van der Waals surface area contributed by atoms with Crippen LogP contribution < -0.4 is 15.4 Å². The predicted molar refractivity (Wildman–Crippen MR) is 120 cm³/mol. The number of aryl methyl sites for hydroxylation is 1. The van der Waals surface area contributed by atoms with Gasteiger partial charge in [-0.2, -0.15) is 0 Å². The fourth-order valence-electron chi connectivity index (χ4n) is 3.50. The Morgan fingerprint density at radius 3 is 2.83 bits per heavy atom. The van der Waals surface area contributed by atoms with Crippen molar-refractivity contribution in [1.82, 2.24) is 5.32 Å². The van der Waals surface area contributed by atoms with Crippen LogP contribution in [0.15, 0.2) is 47.5 Å². The zero-order chi connectivity index (χ0) is 21.3. The molecule has 2 aromatic carbocycles. The van der Waals surface area contributed by atoms with Gasteiger partial charge in [0, 0.05) is 23.0 Å². The number of aliphatic imine (C=N–C) groups is 1. The summed E-state index contributed by atoms with van der Waals surface area (Å²) in [5.74, 6) is 0.852. The number of rotatable bonds is 5. The zero-order valence-electron chi connectivity index (χ0n) is 16.7. The van der Waals surface area contributed by atoms with Crippen molar-refractivity contribution >= 4 is 38.4 Å². The van der Waals surface area contributed by atoms with Gasteiger partial charge in [0.25, 0.3) is 5.91 Å². The second kappa shape index (κ2) is 8.31. The second-order valence-corrected chi connectivity index (χ2v) is 10.8. The number of hydrogen-bond acceptors (Lipinski definition) is 7. The lowest BCUT2D eigenvalue weighted by Crippen LogP contribution is -2.23. The number of amides is 1. The van der Waals surface area contributed by atoms with Gasteiger partial charge in [0.1, 0.15) is 5.75 Å². The summed E-state index contributed by atoms with van der Waals surface area (Å²) in [6, 6.07) is 12.8. The molecule has 4 rings (SSSR count). The van der Waals surface area contributed by atoms with Crippen molar-refractivity contribution < 1.29 is 17.9 Å². The molecule has 158 valence electrons. The van der Waals surface area contributed by atoms with E-state index in [-0.39, 0.29) is 28.7 Å². The van der Waals surface area contributed by atoms with E-state index in [0.29, 0.717) is 17.3 Å². The van der Waals surface area contributed by atoms with Crippen LogP contribution >= 0.6 is 11.8 Å². The lowest BCUT2D eigenvalue weighted by atomic mass is 10.1. The van der Waals surface area contributed by atoms with E-state index < -0.39 is 9.84 Å². The van der Waals surface area contributed by atoms with Gasteiger partial charge in [-0.1, -0.05) is 30.0 Å². The van der Waals surface area contributed by atoms with E-state index in [1.165, 1.54) is 11.8 Å². The van der Waals surface area contributed by atoms with E-state index in [2.05, 4.69) is 15.6 Å². The molecule has 1 fully saturated rings. The Kier molecular flexibility index (Phi) is 5.75. The number of ether oxygens (including phenoxy) is 1. The van der Waals surface area contributed by atoms with E-state index in [9.17, 15) is 13.2 Å². The maximum absolute atomic E-state index is 12.6. The maximum atomic E-state index is 12.6. The highest BCUT2D eigenvalue weighted by Gasteiger charge is 2.42. The monoisotopic (exact) mass is 445 g/mol. The summed E-state index contributed by atoms with van der Waals surface area (Å²) >= 11 is 1.46. The summed E-state index contributed by atoms with van der Waals surface area (Å²) in [4.78, 5) is 17.2. The van der Waals surface area contributed by atoms with Gasteiger partial charge in [0.05, 0.1) is 24.7 Å². The molecule has 2 N–H and O–H groups in total. The number of nitrogens with one attached hydrogen (secondary N) is 2. The molecule has 7 nitrogen and oxygen atoms in total. The summed E-state index contributed by atoms with van der Waals surface area (Å²) in [6.07, 6.45) is 0. The van der Waals surface area contributed by atoms with Crippen LogP contribution in [-0.2, 0) is 16.4 Å². The van der Waals surface area contributed by atoms with Gasteiger partial charge in [-0.3, -0.25) is 9.79 Å². The van der Waals surface area contributed by atoms with Crippen molar-refractivity contribution in [2.75, 3.05) is 23.9 Å². The fraction of sp³-hybridized carbons (Fsp3) is 0.333. The molecule has 2 aliphatic rings. The van der Waals surface area contributed by atoms with E-state index >= 15 is 0 Å². The molecule has 0 aliphatic carbocycles. The molecule has 0 bridgehead atoms. The third-order valence-electron chi connectivity index (χ3n) is 5.15. The number of carbonyl (C=O) groups excluding carboxylic acids is 1. The minimum atomic E-state index is -2.98. The molecular formula is C21H23N3O4S2. The van der Waals surface area contributed by atoms with E-state index in [1.54, 1.807) is 19.2 Å². The van der Waals surface area contributed by atoms with Crippen molar-refractivity contribution in [3.05, 3.63) is 59.2 Å². The van der Waals surface area contributed by atoms with Crippen molar-refractivity contribution in [1.29, 1.82) is 0 Å². The third kappa shape index (κ3) is 4.62. The van der Waals surface area contributed by atoms with Crippen LogP contribution in [0.1, 0.15) is 21.5 Å². The molecule has 0 aromatic heterocycles. The molecule has 2 aliphatic heterocycles. The van der Waals surface area contributed by atoms with E-state index in [0.717, 1.165) is 22.6 Å². The number of thioether (sulfide) groups is 1. The molecular weight excluding hydrogens is 422 g/mol. The number of hydrogen-bond donors (Lipinski definition) is 2. The molecule has 0 spiro atoms. The van der Waals surface area contributed by atoms with Crippen LogP contribution in [0.4, 0.5) is 5.69 Å². The quantitative estimate of drug-likeness (QED) is 0.734. The molecule has 0 unspecified atom stereocenters. The molecule has 9 heteroatoms. The Balaban J connectivity index is 1.42. The molecule has 2 heterocycles. The smallest absolute Gasteiger partial charge is 0.251 e. The van der Waals surface area contributed by atoms with Crippen molar-refractivity contribution in [3.8, 4) is 5.75 Å². The Bertz CT molecular complexity index is 1110. The van der Waals surface area contributed by atoms with Crippen LogP contribution in [0.3, 0.4) is 0 Å². The van der Waals surface area contributed by atoms with Gasteiger partial charge in [0.15, 0.2) is 15.0 Å². The average Bonchev–Trinajstić information content (AvgIpc) is 3.20. The lowest BCUT2D eigenvalue weighted by molar-refractivity contribution is 0.0951. The molecule has 0 saturated carbocycles. The number of sulfone groups is 1. The van der Waals surface area contributed by atoms with Crippen LogP contribution in [0.2, 0.25) is 0 Å². The first-order valence-electron chi connectivity index (χ1n) is 9.57. The van der Waals surface area contributed by atoms with Gasteiger partial charge in [-0.25, -0.2) is 8.42 Å². The Morgan fingerprint density at radius 2 is 2.07 bits per heavy atom. The van der Waals surface area contributed by atoms with Crippen LogP contribution in [0.5, 0.6) is 5.75 Å². The first-order valence-corrected chi connectivity index (χ1v) is 12.3. The standard InChI is InChI=1S/C21H23N3O4S2/c1-13-6-7-15(20(25)22-10-14-4-3-5-16(8-14)28-2)9-17(13)23-21-24-18-11-30(26,27)12-19(18)29-21/h3-9,18-19H,10-12H2,1-2H3,(H,22,25)(H,23,24)/t18-,19+/m1/s1. The lowest BCUT2D eigenvalue weighted by Gasteiger charge is -2.12. The second-order valence-electron chi connectivity index (χ2n) is 7.42. The van der Waals surface area contributed by atoms with Gasteiger partial charge in [0.2, 0.25) is 0 Å². The third-order valence-corrected chi connectivity index (χ3v) is 8.29. The number of nitrogens with zero attached hydrogens (tertiary/aromatic N) is 1. The van der Waals surface area contributed by atoms with E-state index in [1.807, 2.05) is 37.3 Å². The van der Waals surface area contributed by atoms with Crippen LogP contribution in [-0.4, -0.2) is 49.4 Å². The largest absolute Gasteiger partial charge is 0.497 e. The number of amidine groups is 1. The van der Waals surface area contributed by atoms with Crippen LogP contribution in [0, 0.1) is 6.92 Å². The first kappa shape index (κ1) is 20.7. The van der Waals surface area contributed by atoms with Crippen LogP contribution in [0.25, 0.3) is 0 Å². The zero-order valence-corrected chi connectivity index (χ0v) is 18.3. The Hall–Kier alpha value is -2.52. The number of methoxy groups -OCH3 is 1. The van der Waals surface area contributed by atoms with E-state index in [4.69, 9.17) is 4.74 Å². The molecule has 1 saturated heterocycles. The van der Waals surface area contributed by atoms with Gasteiger partial charge < -0.3 is 15.4 Å². The maximum Gasteiger partial charge on any atom is 0.251 e. The Morgan fingerprint density at radius 1 is 1.23 bits per heavy atom. The number of benzene rings is 2. The Labute approximate surface area is 180 Å². The molecule has 0 radical (unpaired) electrons. The van der Waals surface area contributed by atoms with Crippen molar-refractivity contribution in [2.24, 2.45) is 4.99 Å². The normalized spacial score (nSPS) is 21.6. The fourth-order valence-corrected chi connectivity index (χ4v) is 7.16. The summed E-state index contributed by atoms with van der Waals surface area (Å²) in [6.45, 7) is 2.35. The highest BCUT2D eigenvalue weighted by atomic mass is 32.2. The van der Waals surface area contributed by atoms with Gasteiger partial charge >= 0.3 is 0 Å². The summed E-state index contributed by atoms with van der Waals surface area (Å²) in [5.41, 5.74) is 3.26. The molecule has 2 aromatic rings. The van der Waals surface area contributed by atoms with Gasteiger partial charge in [-0.05, 0) is 42.3 Å². The summed E-state index contributed by atoms with van der Waals surface area (Å²) in [7, 11) is -1.37. The van der Waals surface area contributed by atoms with Gasteiger partial charge in [-0.15, -0.1) is 0 Å². The molecule has 30 heavy (non-hydrogen) atoms. The highest BCUT2D eigenvalue weighted by molar-refractivity contribution is 8.15. The SMILES string of the molecule is COc1cccc(CNC(=O)c2ccc(C)c(NC3=N[C@@H]4CS(=O)(=O)C[C@@H]4S3)c2)c1. The highest BCUT2D eigenvalue weighted by Crippen LogP contribution is 2.35. The number of anilines is 1. The van der Waals surface area contributed by atoms with Crippen molar-refractivity contribution in [3.63, 3.8) is 0 Å². The van der Waals surface area contributed by atoms with Crippen molar-refractivity contribution in [2.45, 2.75) is 24.8 Å². The molecule has 1 amide bonds. The summed E-state index contributed by atoms with van der Waals surface area (Å²) < 4.78 is 28.7. The number of fused-ring (bicyclic) bond motifs is 1. The number of carbonyl (C=O) groups is 1. The predicted octanol–water partition coefficient (Wildman–Crippen LogP) is 2.61. The minimum absolute atomic E-state index is 0.0212. The topological polar surface area (TPSA) is 96.9 Å².